The Balaban J connectivity index is 3.26. The van der Waals surface area contributed by atoms with Gasteiger partial charge in [0, 0.05) is 11.5 Å². The maximum absolute atomic E-state index is 11.3. The number of rotatable bonds is 4. The molecule has 0 aromatic heterocycles. The molecule has 0 bridgehead atoms. The summed E-state index contributed by atoms with van der Waals surface area (Å²) in [5.74, 6) is 1.50. The first kappa shape index (κ1) is 12.6. The van der Waals surface area contributed by atoms with Gasteiger partial charge in [0.1, 0.15) is 17.3 Å². The number of carbonyl (C=O) groups excluding carboxylic acids is 1. The van der Waals surface area contributed by atoms with E-state index in [1.165, 1.54) is 0 Å². The predicted octanol–water partition coefficient (Wildman–Crippen LogP) is 2.70. The highest BCUT2D eigenvalue weighted by molar-refractivity contribution is 5.83. The van der Waals surface area contributed by atoms with E-state index in [2.05, 4.69) is 0 Å². The lowest BCUT2D eigenvalue weighted by Crippen LogP contribution is -2.05. The maximum Gasteiger partial charge on any atom is 0.136 e. The summed E-state index contributed by atoms with van der Waals surface area (Å²) in [5, 5.41) is 0. The lowest BCUT2D eigenvalue weighted by atomic mass is 9.95. The maximum atomic E-state index is 11.3. The van der Waals surface area contributed by atoms with Crippen LogP contribution in [-0.2, 0) is 4.79 Å². The number of Topliss-reactive ketones (excluding diaryl/α,β-unsaturated/α-hetero) is 1. The van der Waals surface area contributed by atoms with Crippen LogP contribution in [0.1, 0.15) is 30.9 Å². The second-order valence-corrected chi connectivity index (χ2v) is 3.88. The van der Waals surface area contributed by atoms with Gasteiger partial charge >= 0.3 is 0 Å². The van der Waals surface area contributed by atoms with Gasteiger partial charge in [-0.2, -0.15) is 0 Å². The van der Waals surface area contributed by atoms with Crippen LogP contribution >= 0.6 is 0 Å². The Bertz CT molecular complexity index is 371. The first-order valence-corrected chi connectivity index (χ1v) is 5.24. The van der Waals surface area contributed by atoms with E-state index < -0.39 is 0 Å². The number of carbonyl (C=O) groups is 1. The lowest BCUT2D eigenvalue weighted by Gasteiger charge is -2.15. The third-order valence-electron chi connectivity index (χ3n) is 2.88. The van der Waals surface area contributed by atoms with Gasteiger partial charge in [0.15, 0.2) is 0 Å². The van der Waals surface area contributed by atoms with Crippen LogP contribution < -0.4 is 9.47 Å². The molecule has 0 radical (unpaired) electrons. The molecule has 0 N–H and O–H groups in total. The van der Waals surface area contributed by atoms with Crippen LogP contribution in [0, 0.1) is 6.92 Å². The van der Waals surface area contributed by atoms with Gasteiger partial charge in [0.2, 0.25) is 0 Å². The number of ketones is 1. The molecule has 1 rings (SSSR count). The molecule has 16 heavy (non-hydrogen) atoms. The van der Waals surface area contributed by atoms with Crippen molar-refractivity contribution in [3.8, 4) is 11.5 Å². The first-order valence-electron chi connectivity index (χ1n) is 5.24. The smallest absolute Gasteiger partial charge is 0.136 e. The normalized spacial score (nSPS) is 12.1. The lowest BCUT2D eigenvalue weighted by molar-refractivity contribution is -0.118. The van der Waals surface area contributed by atoms with Crippen LogP contribution in [0.4, 0.5) is 0 Å². The summed E-state index contributed by atoms with van der Waals surface area (Å²) in [6.45, 7) is 5.40. The summed E-state index contributed by atoms with van der Waals surface area (Å²) in [6, 6.07) is 3.79. The van der Waals surface area contributed by atoms with Crippen molar-refractivity contribution in [3.05, 3.63) is 23.3 Å². The third-order valence-corrected chi connectivity index (χ3v) is 2.88. The number of methoxy groups -OCH3 is 2. The summed E-state index contributed by atoms with van der Waals surface area (Å²) in [6.07, 6.45) is 0. The van der Waals surface area contributed by atoms with E-state index in [1.54, 1.807) is 21.1 Å². The Hall–Kier alpha value is -1.51. The molecule has 1 atom stereocenters. The fraction of sp³-hybridized carbons (Fsp3) is 0.462. The van der Waals surface area contributed by atoms with Gasteiger partial charge in [-0.1, -0.05) is 6.92 Å². The summed E-state index contributed by atoms with van der Waals surface area (Å²) in [7, 11) is 3.23. The summed E-state index contributed by atoms with van der Waals surface area (Å²) in [4.78, 5) is 11.3. The fourth-order valence-corrected chi connectivity index (χ4v) is 1.59. The molecule has 88 valence electrons. The monoisotopic (exact) mass is 222 g/mol. The van der Waals surface area contributed by atoms with Gasteiger partial charge in [-0.25, -0.2) is 0 Å². The van der Waals surface area contributed by atoms with E-state index in [4.69, 9.17) is 9.47 Å². The molecule has 1 unspecified atom stereocenters. The molecule has 1 aromatic rings. The van der Waals surface area contributed by atoms with Gasteiger partial charge in [-0.05, 0) is 31.5 Å². The number of ether oxygens (including phenoxy) is 2. The van der Waals surface area contributed by atoms with E-state index >= 15 is 0 Å². The zero-order valence-electron chi connectivity index (χ0n) is 10.5. The second kappa shape index (κ2) is 5.01. The quantitative estimate of drug-likeness (QED) is 0.785. The van der Waals surface area contributed by atoms with E-state index in [9.17, 15) is 4.79 Å². The van der Waals surface area contributed by atoms with Gasteiger partial charge < -0.3 is 9.47 Å². The SMILES string of the molecule is COc1cc(C(C)C(C)=O)cc(OC)c1C. The highest BCUT2D eigenvalue weighted by Crippen LogP contribution is 2.32. The van der Waals surface area contributed by atoms with Gasteiger partial charge in [-0.15, -0.1) is 0 Å². The molecule has 0 aliphatic rings. The highest BCUT2D eigenvalue weighted by Gasteiger charge is 2.15. The molecule has 0 heterocycles. The number of hydrogen-bond donors (Lipinski definition) is 0. The Labute approximate surface area is 96.4 Å². The average molecular weight is 222 g/mol. The van der Waals surface area contributed by atoms with Crippen molar-refractivity contribution in [3.63, 3.8) is 0 Å². The molecule has 0 aliphatic carbocycles. The van der Waals surface area contributed by atoms with E-state index in [-0.39, 0.29) is 11.7 Å². The highest BCUT2D eigenvalue weighted by atomic mass is 16.5. The Morgan fingerprint density at radius 3 is 1.94 bits per heavy atom. The summed E-state index contributed by atoms with van der Waals surface area (Å²) >= 11 is 0. The Morgan fingerprint density at radius 2 is 1.62 bits per heavy atom. The van der Waals surface area contributed by atoms with Crippen molar-refractivity contribution in [1.82, 2.24) is 0 Å². The molecule has 0 aliphatic heterocycles. The van der Waals surface area contributed by atoms with E-state index in [0.29, 0.717) is 0 Å². The van der Waals surface area contributed by atoms with Crippen LogP contribution in [0.3, 0.4) is 0 Å². The number of hydrogen-bond acceptors (Lipinski definition) is 3. The Kier molecular flexibility index (Phi) is 3.93. The molecule has 1 aromatic carbocycles. The molecule has 0 saturated carbocycles. The molecule has 0 fully saturated rings. The molecular weight excluding hydrogens is 204 g/mol. The van der Waals surface area contributed by atoms with Crippen LogP contribution in [0.2, 0.25) is 0 Å². The minimum Gasteiger partial charge on any atom is -0.496 e. The van der Waals surface area contributed by atoms with Crippen molar-refractivity contribution >= 4 is 5.78 Å². The largest absolute Gasteiger partial charge is 0.496 e. The van der Waals surface area contributed by atoms with Crippen molar-refractivity contribution in [2.24, 2.45) is 0 Å². The van der Waals surface area contributed by atoms with Crippen molar-refractivity contribution in [1.29, 1.82) is 0 Å². The zero-order chi connectivity index (χ0) is 12.3. The van der Waals surface area contributed by atoms with Crippen LogP contribution in [-0.4, -0.2) is 20.0 Å². The average Bonchev–Trinajstić information content (AvgIpc) is 2.28. The van der Waals surface area contributed by atoms with Gasteiger partial charge in [-0.3, -0.25) is 4.79 Å². The minimum atomic E-state index is -0.136. The molecule has 3 heteroatoms. The molecule has 3 nitrogen and oxygen atoms in total. The minimum absolute atomic E-state index is 0.132. The number of benzene rings is 1. The molecule has 0 amide bonds. The van der Waals surface area contributed by atoms with Crippen LogP contribution in [0.5, 0.6) is 11.5 Å². The molecule has 0 saturated heterocycles. The predicted molar refractivity (Wildman–Crippen MR) is 63.4 cm³/mol. The summed E-state index contributed by atoms with van der Waals surface area (Å²) in [5.41, 5.74) is 1.87. The van der Waals surface area contributed by atoms with E-state index in [0.717, 1.165) is 22.6 Å². The zero-order valence-corrected chi connectivity index (χ0v) is 10.5. The van der Waals surface area contributed by atoms with Crippen molar-refractivity contribution in [2.45, 2.75) is 26.7 Å². The molecular formula is C13H18O3. The van der Waals surface area contributed by atoms with Crippen LogP contribution in [0.25, 0.3) is 0 Å². The standard InChI is InChI=1S/C13H18O3/c1-8(10(3)14)11-6-12(15-4)9(2)13(7-11)16-5/h6-8H,1-5H3. The first-order chi connectivity index (χ1) is 7.51. The van der Waals surface area contributed by atoms with Crippen molar-refractivity contribution < 1.29 is 14.3 Å². The van der Waals surface area contributed by atoms with E-state index in [1.807, 2.05) is 26.0 Å². The Morgan fingerprint density at radius 1 is 1.19 bits per heavy atom. The molecule has 0 spiro atoms. The second-order valence-electron chi connectivity index (χ2n) is 3.88. The third kappa shape index (κ3) is 2.35. The topological polar surface area (TPSA) is 35.5 Å². The van der Waals surface area contributed by atoms with Gasteiger partial charge in [0.25, 0.3) is 0 Å². The van der Waals surface area contributed by atoms with Crippen LogP contribution in [0.15, 0.2) is 12.1 Å². The summed E-state index contributed by atoms with van der Waals surface area (Å²) < 4.78 is 10.5. The fourth-order valence-electron chi connectivity index (χ4n) is 1.59. The van der Waals surface area contributed by atoms with Crippen molar-refractivity contribution in [2.75, 3.05) is 14.2 Å². The van der Waals surface area contributed by atoms with Gasteiger partial charge in [0.05, 0.1) is 14.2 Å².